The van der Waals surface area contributed by atoms with E-state index in [4.69, 9.17) is 4.74 Å². The SMILES string of the molecule is O=C1CCC(c2ccccc2)(C(F)F)O1. The van der Waals surface area contributed by atoms with Crippen LogP contribution in [0, 0.1) is 0 Å². The van der Waals surface area contributed by atoms with Gasteiger partial charge in [0.25, 0.3) is 6.43 Å². The number of esters is 1. The van der Waals surface area contributed by atoms with E-state index in [0.29, 0.717) is 5.56 Å². The van der Waals surface area contributed by atoms with Crippen molar-refractivity contribution in [3.05, 3.63) is 35.9 Å². The molecular weight excluding hydrogens is 202 g/mol. The quantitative estimate of drug-likeness (QED) is 0.704. The second-order valence-electron chi connectivity index (χ2n) is 3.53. The number of ether oxygens (including phenoxy) is 1. The maximum Gasteiger partial charge on any atom is 0.307 e. The minimum absolute atomic E-state index is 0.0491. The van der Waals surface area contributed by atoms with Crippen molar-refractivity contribution < 1.29 is 18.3 Å². The molecule has 0 aliphatic carbocycles. The molecule has 4 heteroatoms. The summed E-state index contributed by atoms with van der Waals surface area (Å²) in [6.45, 7) is 0. The number of hydrogen-bond acceptors (Lipinski definition) is 2. The van der Waals surface area contributed by atoms with Crippen molar-refractivity contribution >= 4 is 5.97 Å². The summed E-state index contributed by atoms with van der Waals surface area (Å²) in [6, 6.07) is 8.17. The van der Waals surface area contributed by atoms with Crippen LogP contribution in [0.2, 0.25) is 0 Å². The van der Waals surface area contributed by atoms with Gasteiger partial charge in [-0.25, -0.2) is 8.78 Å². The Bertz CT molecular complexity index is 364. The Hall–Kier alpha value is -1.45. The molecule has 0 bridgehead atoms. The van der Waals surface area contributed by atoms with E-state index in [1.807, 2.05) is 0 Å². The number of carbonyl (C=O) groups excluding carboxylic acids is 1. The molecular formula is C11H10F2O2. The van der Waals surface area contributed by atoms with Gasteiger partial charge in [-0.1, -0.05) is 30.3 Å². The summed E-state index contributed by atoms with van der Waals surface area (Å²) in [4.78, 5) is 11.0. The number of benzene rings is 1. The van der Waals surface area contributed by atoms with Crippen LogP contribution in [0.15, 0.2) is 30.3 Å². The van der Waals surface area contributed by atoms with Crippen LogP contribution in [0.25, 0.3) is 0 Å². The highest BCUT2D eigenvalue weighted by molar-refractivity contribution is 5.72. The molecule has 0 radical (unpaired) electrons. The average Bonchev–Trinajstić information content (AvgIpc) is 2.63. The van der Waals surface area contributed by atoms with Crippen molar-refractivity contribution in [2.45, 2.75) is 24.9 Å². The monoisotopic (exact) mass is 212 g/mol. The Morgan fingerprint density at radius 3 is 2.40 bits per heavy atom. The summed E-state index contributed by atoms with van der Waals surface area (Å²) < 4.78 is 30.8. The van der Waals surface area contributed by atoms with Crippen LogP contribution in [-0.4, -0.2) is 12.4 Å². The first kappa shape index (κ1) is 10.1. The molecule has 0 saturated carbocycles. The van der Waals surface area contributed by atoms with E-state index in [0.717, 1.165) is 0 Å². The molecule has 2 nitrogen and oxygen atoms in total. The fraction of sp³-hybridized carbons (Fsp3) is 0.364. The van der Waals surface area contributed by atoms with Crippen LogP contribution >= 0.6 is 0 Å². The lowest BCUT2D eigenvalue weighted by molar-refractivity contribution is -0.165. The standard InChI is InChI=1S/C11H10F2O2/c12-10(13)11(7-6-9(14)15-11)8-4-2-1-3-5-8/h1-5,10H,6-7H2. The number of halogens is 2. The van der Waals surface area contributed by atoms with Gasteiger partial charge in [-0.3, -0.25) is 4.79 Å². The lowest BCUT2D eigenvalue weighted by Gasteiger charge is -2.26. The minimum atomic E-state index is -2.69. The molecule has 80 valence electrons. The van der Waals surface area contributed by atoms with Crippen LogP contribution in [0.3, 0.4) is 0 Å². The Kier molecular flexibility index (Phi) is 2.42. The highest BCUT2D eigenvalue weighted by Crippen LogP contribution is 2.41. The first-order valence-electron chi connectivity index (χ1n) is 4.71. The number of rotatable bonds is 2. The lowest BCUT2D eigenvalue weighted by Crippen LogP contribution is -2.34. The maximum absolute atomic E-state index is 13.0. The number of hydrogen-bond donors (Lipinski definition) is 0. The predicted octanol–water partition coefficient (Wildman–Crippen LogP) is 2.48. The van der Waals surface area contributed by atoms with E-state index in [1.165, 1.54) is 0 Å². The van der Waals surface area contributed by atoms with Crippen LogP contribution in [-0.2, 0) is 15.1 Å². The number of carbonyl (C=O) groups is 1. The summed E-state index contributed by atoms with van der Waals surface area (Å²) in [5.41, 5.74) is -1.36. The number of alkyl halides is 2. The average molecular weight is 212 g/mol. The Balaban J connectivity index is 2.40. The molecule has 1 unspecified atom stereocenters. The Labute approximate surface area is 85.9 Å². The van der Waals surface area contributed by atoms with Crippen LogP contribution in [0.5, 0.6) is 0 Å². The molecule has 2 rings (SSSR count). The molecule has 1 aromatic rings. The second-order valence-corrected chi connectivity index (χ2v) is 3.53. The van der Waals surface area contributed by atoms with Crippen molar-refractivity contribution in [1.82, 2.24) is 0 Å². The zero-order valence-electron chi connectivity index (χ0n) is 7.95. The third kappa shape index (κ3) is 1.60. The molecule has 1 heterocycles. The molecule has 1 fully saturated rings. The van der Waals surface area contributed by atoms with E-state index < -0.39 is 18.0 Å². The van der Waals surface area contributed by atoms with Crippen LogP contribution < -0.4 is 0 Å². The molecule has 1 aliphatic rings. The smallest absolute Gasteiger partial charge is 0.307 e. The first-order valence-corrected chi connectivity index (χ1v) is 4.71. The van der Waals surface area contributed by atoms with Crippen molar-refractivity contribution in [3.63, 3.8) is 0 Å². The van der Waals surface area contributed by atoms with E-state index in [9.17, 15) is 13.6 Å². The zero-order valence-corrected chi connectivity index (χ0v) is 7.95. The highest BCUT2D eigenvalue weighted by Gasteiger charge is 2.49. The number of cyclic esters (lactones) is 1. The van der Waals surface area contributed by atoms with E-state index in [2.05, 4.69) is 0 Å². The van der Waals surface area contributed by atoms with E-state index in [1.54, 1.807) is 30.3 Å². The summed E-state index contributed by atoms with van der Waals surface area (Å²) in [5, 5.41) is 0. The predicted molar refractivity (Wildman–Crippen MR) is 49.5 cm³/mol. The third-order valence-electron chi connectivity index (χ3n) is 2.61. The van der Waals surface area contributed by atoms with Gasteiger partial charge >= 0.3 is 5.97 Å². The summed E-state index contributed by atoms with van der Waals surface area (Å²) in [5.74, 6) is -0.556. The molecule has 1 aliphatic heterocycles. The molecule has 0 aromatic heterocycles. The third-order valence-corrected chi connectivity index (χ3v) is 2.61. The Morgan fingerprint density at radius 2 is 1.93 bits per heavy atom. The van der Waals surface area contributed by atoms with Gasteiger partial charge in [0.15, 0.2) is 5.60 Å². The van der Waals surface area contributed by atoms with Crippen molar-refractivity contribution in [2.24, 2.45) is 0 Å². The Morgan fingerprint density at radius 1 is 1.27 bits per heavy atom. The minimum Gasteiger partial charge on any atom is -0.448 e. The van der Waals surface area contributed by atoms with Crippen molar-refractivity contribution in [1.29, 1.82) is 0 Å². The van der Waals surface area contributed by atoms with Gasteiger partial charge in [-0.2, -0.15) is 0 Å². The highest BCUT2D eigenvalue weighted by atomic mass is 19.3. The van der Waals surface area contributed by atoms with Gasteiger partial charge in [-0.15, -0.1) is 0 Å². The molecule has 1 saturated heterocycles. The topological polar surface area (TPSA) is 26.3 Å². The molecule has 15 heavy (non-hydrogen) atoms. The molecule has 1 aromatic carbocycles. The summed E-state index contributed by atoms with van der Waals surface area (Å²) in [7, 11) is 0. The lowest BCUT2D eigenvalue weighted by atomic mass is 9.91. The maximum atomic E-state index is 13.0. The zero-order chi connectivity index (χ0) is 10.9. The van der Waals surface area contributed by atoms with Crippen molar-refractivity contribution in [3.8, 4) is 0 Å². The van der Waals surface area contributed by atoms with E-state index >= 15 is 0 Å². The summed E-state index contributed by atoms with van der Waals surface area (Å²) in [6.07, 6.45) is -2.58. The van der Waals surface area contributed by atoms with Gasteiger partial charge < -0.3 is 4.74 Å². The van der Waals surface area contributed by atoms with Crippen molar-refractivity contribution in [2.75, 3.05) is 0 Å². The van der Waals surface area contributed by atoms with Crippen LogP contribution in [0.1, 0.15) is 18.4 Å². The van der Waals surface area contributed by atoms with E-state index in [-0.39, 0.29) is 12.8 Å². The molecule has 1 atom stereocenters. The summed E-state index contributed by atoms with van der Waals surface area (Å²) >= 11 is 0. The van der Waals surface area contributed by atoms with Gasteiger partial charge in [-0.05, 0) is 0 Å². The molecule has 0 N–H and O–H groups in total. The first-order chi connectivity index (χ1) is 7.15. The van der Waals surface area contributed by atoms with Gasteiger partial charge in [0.05, 0.1) is 0 Å². The van der Waals surface area contributed by atoms with Crippen LogP contribution in [0.4, 0.5) is 8.78 Å². The van der Waals surface area contributed by atoms with Gasteiger partial charge in [0.1, 0.15) is 0 Å². The fourth-order valence-electron chi connectivity index (χ4n) is 1.80. The normalized spacial score (nSPS) is 25.7. The molecule has 0 spiro atoms. The van der Waals surface area contributed by atoms with Gasteiger partial charge in [0, 0.05) is 18.4 Å². The fourth-order valence-corrected chi connectivity index (χ4v) is 1.80. The molecule has 0 amide bonds. The van der Waals surface area contributed by atoms with Gasteiger partial charge in [0.2, 0.25) is 0 Å². The second kappa shape index (κ2) is 3.61. The largest absolute Gasteiger partial charge is 0.448 e.